The minimum atomic E-state index is -0.193. The second-order valence-electron chi connectivity index (χ2n) is 4.14. The molecule has 6 heteroatoms. The van der Waals surface area contributed by atoms with Crippen molar-refractivity contribution in [2.75, 3.05) is 26.7 Å². The van der Waals surface area contributed by atoms with Crippen molar-refractivity contribution < 1.29 is 9.59 Å². The second-order valence-corrected chi connectivity index (χ2v) is 4.14. The van der Waals surface area contributed by atoms with Crippen LogP contribution in [0.5, 0.6) is 0 Å². The van der Waals surface area contributed by atoms with E-state index in [1.54, 1.807) is 18.9 Å². The van der Waals surface area contributed by atoms with Gasteiger partial charge < -0.3 is 9.80 Å². The van der Waals surface area contributed by atoms with Gasteiger partial charge in [0.2, 0.25) is 5.91 Å². The molecular formula is C12H20N4O2. The first-order valence-corrected chi connectivity index (χ1v) is 6.04. The number of carbonyl (C=O) groups excluding carboxylic acids is 2. The van der Waals surface area contributed by atoms with Gasteiger partial charge in [-0.15, -0.1) is 0 Å². The Bertz CT molecular complexity index is 423. The Balaban J connectivity index is 2.66. The van der Waals surface area contributed by atoms with E-state index in [1.165, 1.54) is 11.1 Å². The Morgan fingerprint density at radius 2 is 1.94 bits per heavy atom. The monoisotopic (exact) mass is 252 g/mol. The van der Waals surface area contributed by atoms with Crippen LogP contribution < -0.4 is 0 Å². The molecule has 1 N–H and O–H groups in total. The van der Waals surface area contributed by atoms with Crippen LogP contribution in [-0.4, -0.2) is 58.5 Å². The van der Waals surface area contributed by atoms with Crippen LogP contribution in [0.4, 0.5) is 0 Å². The van der Waals surface area contributed by atoms with Crippen LogP contribution in [0.25, 0.3) is 0 Å². The van der Waals surface area contributed by atoms with Gasteiger partial charge in [0.05, 0.1) is 18.3 Å². The third-order valence-corrected chi connectivity index (χ3v) is 2.90. The van der Waals surface area contributed by atoms with Gasteiger partial charge in [-0.2, -0.15) is 5.10 Å². The third-order valence-electron chi connectivity index (χ3n) is 2.90. The standard InChI is InChI=1S/C12H20N4O2/c1-5-16(6-2)11(17)8-15(4)12(18)10-7-13-14-9(10)3/h7H,5-6,8H2,1-4H3,(H,13,14). The Kier molecular flexibility index (Phi) is 4.88. The Morgan fingerprint density at radius 1 is 1.33 bits per heavy atom. The SMILES string of the molecule is CCN(CC)C(=O)CN(C)C(=O)c1cn[nH]c1C. The number of nitrogens with zero attached hydrogens (tertiary/aromatic N) is 3. The number of aromatic nitrogens is 2. The van der Waals surface area contributed by atoms with E-state index in [2.05, 4.69) is 10.2 Å². The summed E-state index contributed by atoms with van der Waals surface area (Å²) in [5.41, 5.74) is 1.21. The average Bonchev–Trinajstić information content (AvgIpc) is 2.76. The zero-order chi connectivity index (χ0) is 13.7. The molecule has 0 saturated carbocycles. The summed E-state index contributed by atoms with van der Waals surface area (Å²) in [4.78, 5) is 27.1. The summed E-state index contributed by atoms with van der Waals surface area (Å²) in [6, 6.07) is 0. The molecule has 0 aliphatic carbocycles. The van der Waals surface area contributed by atoms with Gasteiger partial charge in [0.1, 0.15) is 0 Å². The Labute approximate surface area is 107 Å². The largest absolute Gasteiger partial charge is 0.342 e. The quantitative estimate of drug-likeness (QED) is 0.837. The van der Waals surface area contributed by atoms with Gasteiger partial charge >= 0.3 is 0 Å². The summed E-state index contributed by atoms with van der Waals surface area (Å²) in [5.74, 6) is -0.237. The number of amides is 2. The normalized spacial score (nSPS) is 10.2. The topological polar surface area (TPSA) is 69.3 Å². The predicted molar refractivity (Wildman–Crippen MR) is 68.2 cm³/mol. The molecule has 1 rings (SSSR count). The minimum absolute atomic E-state index is 0.0444. The van der Waals surface area contributed by atoms with Crippen molar-refractivity contribution in [3.05, 3.63) is 17.5 Å². The number of carbonyl (C=O) groups is 2. The van der Waals surface area contributed by atoms with E-state index >= 15 is 0 Å². The third kappa shape index (κ3) is 3.09. The van der Waals surface area contributed by atoms with E-state index in [1.807, 2.05) is 13.8 Å². The van der Waals surface area contributed by atoms with Crippen molar-refractivity contribution in [3.8, 4) is 0 Å². The molecular weight excluding hydrogens is 232 g/mol. The fraction of sp³-hybridized carbons (Fsp3) is 0.583. The van der Waals surface area contributed by atoms with E-state index in [4.69, 9.17) is 0 Å². The summed E-state index contributed by atoms with van der Waals surface area (Å²) in [7, 11) is 1.62. The molecule has 0 spiro atoms. The van der Waals surface area contributed by atoms with E-state index in [-0.39, 0.29) is 18.4 Å². The van der Waals surface area contributed by atoms with E-state index in [0.29, 0.717) is 24.3 Å². The van der Waals surface area contributed by atoms with Crippen molar-refractivity contribution in [2.24, 2.45) is 0 Å². The molecule has 1 heterocycles. The van der Waals surface area contributed by atoms with Gasteiger partial charge in [0.25, 0.3) is 5.91 Å². The fourth-order valence-electron chi connectivity index (χ4n) is 1.72. The van der Waals surface area contributed by atoms with Crippen LogP contribution in [0, 0.1) is 6.92 Å². The molecule has 0 unspecified atom stereocenters. The molecule has 0 aliphatic heterocycles. The molecule has 0 saturated heterocycles. The lowest BCUT2D eigenvalue weighted by Gasteiger charge is -2.23. The van der Waals surface area contributed by atoms with E-state index in [9.17, 15) is 9.59 Å². The Morgan fingerprint density at radius 3 is 2.39 bits per heavy atom. The van der Waals surface area contributed by atoms with E-state index < -0.39 is 0 Å². The maximum Gasteiger partial charge on any atom is 0.257 e. The number of rotatable bonds is 5. The molecule has 0 fully saturated rings. The van der Waals surface area contributed by atoms with Crippen molar-refractivity contribution >= 4 is 11.8 Å². The number of nitrogens with one attached hydrogen (secondary N) is 1. The molecule has 0 atom stereocenters. The summed E-state index contributed by atoms with van der Waals surface area (Å²) in [6.45, 7) is 7.02. The number of hydrogen-bond acceptors (Lipinski definition) is 3. The highest BCUT2D eigenvalue weighted by Crippen LogP contribution is 2.06. The minimum Gasteiger partial charge on any atom is -0.342 e. The first kappa shape index (κ1) is 14.2. The summed E-state index contributed by atoms with van der Waals surface area (Å²) < 4.78 is 0. The van der Waals surface area contributed by atoms with Crippen molar-refractivity contribution in [3.63, 3.8) is 0 Å². The number of aryl methyl sites for hydroxylation is 1. The average molecular weight is 252 g/mol. The van der Waals surface area contributed by atoms with Crippen molar-refractivity contribution in [1.82, 2.24) is 20.0 Å². The lowest BCUT2D eigenvalue weighted by Crippen LogP contribution is -2.41. The van der Waals surface area contributed by atoms with Crippen LogP contribution in [0.3, 0.4) is 0 Å². The van der Waals surface area contributed by atoms with Crippen LogP contribution in [0.15, 0.2) is 6.20 Å². The van der Waals surface area contributed by atoms with E-state index in [0.717, 1.165) is 0 Å². The highest BCUT2D eigenvalue weighted by Gasteiger charge is 2.19. The molecule has 100 valence electrons. The number of likely N-dealkylation sites (N-methyl/N-ethyl adjacent to an activating group) is 2. The Hall–Kier alpha value is -1.85. The van der Waals surface area contributed by atoms with Gasteiger partial charge in [-0.3, -0.25) is 14.7 Å². The summed E-state index contributed by atoms with van der Waals surface area (Å²) >= 11 is 0. The molecule has 0 bridgehead atoms. The molecule has 6 nitrogen and oxygen atoms in total. The van der Waals surface area contributed by atoms with Gasteiger partial charge in [-0.1, -0.05) is 0 Å². The van der Waals surface area contributed by atoms with Crippen molar-refractivity contribution in [2.45, 2.75) is 20.8 Å². The number of hydrogen-bond donors (Lipinski definition) is 1. The summed E-state index contributed by atoms with van der Waals surface area (Å²) in [6.07, 6.45) is 1.48. The maximum absolute atomic E-state index is 12.1. The predicted octanol–water partition coefficient (Wildman–Crippen LogP) is 0.659. The maximum atomic E-state index is 12.1. The smallest absolute Gasteiger partial charge is 0.257 e. The zero-order valence-corrected chi connectivity index (χ0v) is 11.4. The second kappa shape index (κ2) is 6.18. The van der Waals surface area contributed by atoms with Crippen LogP contribution >= 0.6 is 0 Å². The molecule has 0 aromatic carbocycles. The summed E-state index contributed by atoms with van der Waals surface area (Å²) in [5, 5.41) is 6.51. The van der Waals surface area contributed by atoms with Crippen LogP contribution in [0.1, 0.15) is 29.9 Å². The molecule has 18 heavy (non-hydrogen) atoms. The van der Waals surface area contributed by atoms with Crippen LogP contribution in [-0.2, 0) is 4.79 Å². The lowest BCUT2D eigenvalue weighted by molar-refractivity contribution is -0.131. The lowest BCUT2D eigenvalue weighted by atomic mass is 10.2. The van der Waals surface area contributed by atoms with Gasteiger partial charge in [-0.05, 0) is 20.8 Å². The molecule has 0 radical (unpaired) electrons. The highest BCUT2D eigenvalue weighted by molar-refractivity contribution is 5.96. The first-order chi connectivity index (χ1) is 8.51. The van der Waals surface area contributed by atoms with Gasteiger partial charge in [0, 0.05) is 25.8 Å². The fourth-order valence-corrected chi connectivity index (χ4v) is 1.72. The molecule has 1 aromatic rings. The van der Waals surface area contributed by atoms with Gasteiger partial charge in [0.15, 0.2) is 0 Å². The molecule has 0 aliphatic rings. The zero-order valence-electron chi connectivity index (χ0n) is 11.4. The van der Waals surface area contributed by atoms with Gasteiger partial charge in [-0.25, -0.2) is 0 Å². The first-order valence-electron chi connectivity index (χ1n) is 6.04. The highest BCUT2D eigenvalue weighted by atomic mass is 16.2. The molecule has 2 amide bonds. The van der Waals surface area contributed by atoms with Crippen LogP contribution in [0.2, 0.25) is 0 Å². The number of aromatic amines is 1. The van der Waals surface area contributed by atoms with Crippen molar-refractivity contribution in [1.29, 1.82) is 0 Å². The molecule has 1 aromatic heterocycles. The number of H-pyrrole nitrogens is 1.